The summed E-state index contributed by atoms with van der Waals surface area (Å²) in [7, 11) is -3.24. The van der Waals surface area contributed by atoms with Gasteiger partial charge in [-0.2, -0.15) is 0 Å². The molecule has 2 atom stereocenters. The Morgan fingerprint density at radius 1 is 1.30 bits per heavy atom. The van der Waals surface area contributed by atoms with E-state index < -0.39 is 9.84 Å². The molecule has 0 radical (unpaired) electrons. The molecule has 0 amide bonds. The van der Waals surface area contributed by atoms with Gasteiger partial charge in [0.2, 0.25) is 0 Å². The lowest BCUT2D eigenvalue weighted by Gasteiger charge is -2.20. The Kier molecular flexibility index (Phi) is 7.51. The highest BCUT2D eigenvalue weighted by atomic mass is 32.2. The third-order valence-electron chi connectivity index (χ3n) is 3.48. The Hall–Kier alpha value is -1.60. The molecule has 0 aliphatic rings. The van der Waals surface area contributed by atoms with Crippen molar-refractivity contribution in [2.45, 2.75) is 31.7 Å². The van der Waals surface area contributed by atoms with E-state index in [0.29, 0.717) is 25.5 Å². The van der Waals surface area contributed by atoms with E-state index in [4.69, 9.17) is 9.47 Å². The van der Waals surface area contributed by atoms with Gasteiger partial charge in [-0.05, 0) is 32.0 Å². The van der Waals surface area contributed by atoms with E-state index in [1.54, 1.807) is 19.1 Å². The van der Waals surface area contributed by atoms with Gasteiger partial charge in [0.05, 0.1) is 17.4 Å². The maximum absolute atomic E-state index is 11.6. The van der Waals surface area contributed by atoms with Gasteiger partial charge in [-0.1, -0.05) is 13.0 Å². The number of carbonyl (C=O) groups excluding carboxylic acids is 1. The molecule has 0 saturated heterocycles. The molecule has 7 heteroatoms. The number of esters is 1. The van der Waals surface area contributed by atoms with Crippen molar-refractivity contribution in [1.29, 1.82) is 0 Å². The highest BCUT2D eigenvalue weighted by Crippen LogP contribution is 2.17. The Morgan fingerprint density at radius 2 is 2.00 bits per heavy atom. The highest BCUT2D eigenvalue weighted by Gasteiger charge is 2.20. The number of rotatable bonds is 9. The summed E-state index contributed by atoms with van der Waals surface area (Å²) < 4.78 is 33.5. The van der Waals surface area contributed by atoms with Crippen molar-refractivity contribution < 1.29 is 22.7 Å². The van der Waals surface area contributed by atoms with Crippen molar-refractivity contribution in [1.82, 2.24) is 5.32 Å². The molecule has 0 aliphatic heterocycles. The van der Waals surface area contributed by atoms with Crippen molar-refractivity contribution in [2.75, 3.05) is 26.0 Å². The standard InChI is InChI=1S/C16H25NO5S/c1-5-21-16(18)12(2)13(3)17-9-10-22-14-7-6-8-15(11-14)23(4,19)20/h6-8,11-13,17H,5,9-10H2,1-4H3/t12-,13+/m1/s1. The lowest BCUT2D eigenvalue weighted by Crippen LogP contribution is -2.39. The van der Waals surface area contributed by atoms with Crippen LogP contribution in [0, 0.1) is 5.92 Å². The number of hydrogen-bond donors (Lipinski definition) is 1. The Labute approximate surface area is 138 Å². The van der Waals surface area contributed by atoms with Crippen LogP contribution in [-0.4, -0.2) is 46.4 Å². The first-order chi connectivity index (χ1) is 10.8. The third-order valence-corrected chi connectivity index (χ3v) is 4.59. The molecule has 130 valence electrons. The third kappa shape index (κ3) is 6.58. The fraction of sp³-hybridized carbons (Fsp3) is 0.562. The van der Waals surface area contributed by atoms with Gasteiger partial charge in [-0.25, -0.2) is 8.42 Å². The van der Waals surface area contributed by atoms with E-state index in [-0.39, 0.29) is 22.8 Å². The normalized spacial score (nSPS) is 14.1. The molecule has 1 rings (SSSR count). The van der Waals surface area contributed by atoms with Crippen LogP contribution < -0.4 is 10.1 Å². The van der Waals surface area contributed by atoms with E-state index in [2.05, 4.69) is 5.32 Å². The summed E-state index contributed by atoms with van der Waals surface area (Å²) in [5.74, 6) is 0.0265. The number of sulfone groups is 1. The van der Waals surface area contributed by atoms with Crippen LogP contribution >= 0.6 is 0 Å². The summed E-state index contributed by atoms with van der Waals surface area (Å²) >= 11 is 0. The Balaban J connectivity index is 2.42. The summed E-state index contributed by atoms with van der Waals surface area (Å²) in [5, 5.41) is 3.19. The van der Waals surface area contributed by atoms with Gasteiger partial charge in [-0.3, -0.25) is 4.79 Å². The molecule has 0 bridgehead atoms. The monoisotopic (exact) mass is 343 g/mol. The molecule has 0 aliphatic carbocycles. The van der Waals surface area contributed by atoms with Crippen LogP contribution in [0.5, 0.6) is 5.75 Å². The molecule has 23 heavy (non-hydrogen) atoms. The zero-order chi connectivity index (χ0) is 17.5. The Bertz CT molecular complexity index is 615. The fourth-order valence-electron chi connectivity index (χ4n) is 1.90. The van der Waals surface area contributed by atoms with Crippen molar-refractivity contribution in [3.8, 4) is 5.75 Å². The highest BCUT2D eigenvalue weighted by molar-refractivity contribution is 7.90. The van der Waals surface area contributed by atoms with Crippen molar-refractivity contribution >= 4 is 15.8 Å². The summed E-state index contributed by atoms with van der Waals surface area (Å²) in [5.41, 5.74) is 0. The van der Waals surface area contributed by atoms with Gasteiger partial charge in [0.25, 0.3) is 0 Å². The van der Waals surface area contributed by atoms with Gasteiger partial charge in [0.15, 0.2) is 9.84 Å². The number of hydrogen-bond acceptors (Lipinski definition) is 6. The molecule has 0 heterocycles. The van der Waals surface area contributed by atoms with Crippen molar-refractivity contribution in [3.63, 3.8) is 0 Å². The van der Waals surface area contributed by atoms with E-state index in [9.17, 15) is 13.2 Å². The summed E-state index contributed by atoms with van der Waals surface area (Å²) in [6.45, 7) is 6.77. The number of nitrogens with one attached hydrogen (secondary N) is 1. The van der Waals surface area contributed by atoms with Gasteiger partial charge in [0.1, 0.15) is 12.4 Å². The average Bonchev–Trinajstić information content (AvgIpc) is 2.50. The first kappa shape index (κ1) is 19.4. The molecular formula is C16H25NO5S. The van der Waals surface area contributed by atoms with Crippen molar-refractivity contribution in [3.05, 3.63) is 24.3 Å². The zero-order valence-corrected chi connectivity index (χ0v) is 14.9. The van der Waals surface area contributed by atoms with Crippen LogP contribution in [-0.2, 0) is 19.4 Å². The number of benzene rings is 1. The maximum Gasteiger partial charge on any atom is 0.310 e. The van der Waals surface area contributed by atoms with Crippen LogP contribution in [0.25, 0.3) is 0 Å². The van der Waals surface area contributed by atoms with E-state index in [1.807, 2.05) is 13.8 Å². The molecule has 1 N–H and O–H groups in total. The van der Waals surface area contributed by atoms with Crippen LogP contribution in [0.4, 0.5) is 0 Å². The molecule has 0 saturated carbocycles. The lowest BCUT2D eigenvalue weighted by atomic mass is 10.0. The second-order valence-electron chi connectivity index (χ2n) is 5.38. The summed E-state index contributed by atoms with van der Waals surface area (Å²) in [6.07, 6.45) is 1.16. The topological polar surface area (TPSA) is 81.7 Å². The van der Waals surface area contributed by atoms with Crippen LogP contribution in [0.15, 0.2) is 29.2 Å². The smallest absolute Gasteiger partial charge is 0.310 e. The van der Waals surface area contributed by atoms with E-state index in [1.165, 1.54) is 12.1 Å². The minimum atomic E-state index is -3.24. The molecule has 0 fully saturated rings. The number of ether oxygens (including phenoxy) is 2. The van der Waals surface area contributed by atoms with Gasteiger partial charge in [-0.15, -0.1) is 0 Å². The minimum absolute atomic E-state index is 0.0417. The minimum Gasteiger partial charge on any atom is -0.492 e. The number of carbonyl (C=O) groups is 1. The van der Waals surface area contributed by atoms with Gasteiger partial charge >= 0.3 is 5.97 Å². The Morgan fingerprint density at radius 3 is 2.61 bits per heavy atom. The molecule has 1 aromatic rings. The first-order valence-corrected chi connectivity index (χ1v) is 9.47. The predicted octanol–water partition coefficient (Wildman–Crippen LogP) is 1.65. The van der Waals surface area contributed by atoms with Crippen LogP contribution in [0.3, 0.4) is 0 Å². The van der Waals surface area contributed by atoms with Gasteiger partial charge in [0, 0.05) is 18.8 Å². The van der Waals surface area contributed by atoms with E-state index in [0.717, 1.165) is 6.26 Å². The quantitative estimate of drug-likeness (QED) is 0.542. The average molecular weight is 343 g/mol. The molecule has 6 nitrogen and oxygen atoms in total. The first-order valence-electron chi connectivity index (χ1n) is 7.58. The molecule has 1 aromatic carbocycles. The SMILES string of the molecule is CCOC(=O)[C@H](C)[C@H](C)NCCOc1cccc(S(C)(=O)=O)c1. The summed E-state index contributed by atoms with van der Waals surface area (Å²) in [6, 6.07) is 6.34. The van der Waals surface area contributed by atoms with Crippen LogP contribution in [0.1, 0.15) is 20.8 Å². The maximum atomic E-state index is 11.6. The lowest BCUT2D eigenvalue weighted by molar-refractivity contribution is -0.148. The van der Waals surface area contributed by atoms with Crippen LogP contribution in [0.2, 0.25) is 0 Å². The zero-order valence-electron chi connectivity index (χ0n) is 14.0. The molecule has 0 unspecified atom stereocenters. The van der Waals surface area contributed by atoms with Crippen molar-refractivity contribution in [2.24, 2.45) is 5.92 Å². The fourth-order valence-corrected chi connectivity index (χ4v) is 2.56. The summed E-state index contributed by atoms with van der Waals surface area (Å²) in [4.78, 5) is 11.8. The second-order valence-corrected chi connectivity index (χ2v) is 7.39. The van der Waals surface area contributed by atoms with E-state index >= 15 is 0 Å². The van der Waals surface area contributed by atoms with Gasteiger partial charge < -0.3 is 14.8 Å². The molecule has 0 aromatic heterocycles. The largest absolute Gasteiger partial charge is 0.492 e. The second kappa shape index (κ2) is 8.88. The molecule has 0 spiro atoms. The predicted molar refractivity (Wildman–Crippen MR) is 88.3 cm³/mol. The molecular weight excluding hydrogens is 318 g/mol.